The number of carbonyl (C=O) groups excluding carboxylic acids is 2. The molecular formula is C17H22N2O4. The maximum Gasteiger partial charge on any atom is 0.268 e. The Kier molecular flexibility index (Phi) is 5.39. The lowest BCUT2D eigenvalue weighted by Gasteiger charge is -2.10. The van der Waals surface area contributed by atoms with Gasteiger partial charge in [-0.15, -0.1) is 0 Å². The highest BCUT2D eigenvalue weighted by Crippen LogP contribution is 2.21. The molecule has 3 N–H and O–H groups in total. The minimum absolute atomic E-state index is 0.0331. The van der Waals surface area contributed by atoms with E-state index in [1.807, 2.05) is 6.92 Å². The fourth-order valence-corrected chi connectivity index (χ4v) is 2.71. The second kappa shape index (κ2) is 7.28. The van der Waals surface area contributed by atoms with E-state index in [4.69, 9.17) is 4.42 Å². The van der Waals surface area contributed by atoms with E-state index in [1.54, 1.807) is 19.1 Å². The first-order chi connectivity index (χ1) is 11.0. The van der Waals surface area contributed by atoms with Gasteiger partial charge in [0.1, 0.15) is 17.6 Å². The lowest BCUT2D eigenvalue weighted by molar-refractivity contribution is 0.0895. The van der Waals surface area contributed by atoms with Gasteiger partial charge < -0.3 is 19.8 Å². The molecule has 0 saturated carbocycles. The van der Waals surface area contributed by atoms with E-state index in [2.05, 4.69) is 10.3 Å². The average molecular weight is 318 g/mol. The number of rotatable bonds is 7. The highest BCUT2D eigenvalue weighted by atomic mass is 16.4. The number of amides is 1. The zero-order chi connectivity index (χ0) is 17.0. The zero-order valence-corrected chi connectivity index (χ0v) is 13.6. The fourth-order valence-electron chi connectivity index (χ4n) is 2.71. The molecule has 1 unspecified atom stereocenters. The number of aromatic nitrogens is 1. The number of ketones is 1. The van der Waals surface area contributed by atoms with Crippen LogP contribution in [0.25, 0.3) is 0 Å². The fraction of sp³-hybridized carbons (Fsp3) is 0.412. The molecule has 0 bridgehead atoms. The van der Waals surface area contributed by atoms with E-state index in [9.17, 15) is 14.7 Å². The van der Waals surface area contributed by atoms with Crippen molar-refractivity contribution in [2.75, 3.05) is 6.54 Å². The number of H-pyrrole nitrogens is 1. The number of Topliss-reactive ketones (excluding diaryl/α,β-unsaturated/α-hetero) is 1. The average Bonchev–Trinajstić information content (AvgIpc) is 3.13. The second-order valence-corrected chi connectivity index (χ2v) is 5.53. The van der Waals surface area contributed by atoms with Crippen LogP contribution in [0, 0.1) is 6.92 Å². The molecule has 2 aromatic rings. The first-order valence-electron chi connectivity index (χ1n) is 7.67. The largest absolute Gasteiger partial charge is 0.467 e. The van der Waals surface area contributed by atoms with E-state index in [1.165, 1.54) is 13.2 Å². The summed E-state index contributed by atoms with van der Waals surface area (Å²) in [5.74, 6) is -0.00213. The van der Waals surface area contributed by atoms with Gasteiger partial charge in [-0.3, -0.25) is 9.59 Å². The first kappa shape index (κ1) is 17.0. The lowest BCUT2D eigenvalue weighted by Crippen LogP contribution is -2.29. The molecule has 2 heterocycles. The molecule has 6 nitrogen and oxygen atoms in total. The molecule has 1 amide bonds. The monoisotopic (exact) mass is 318 g/mol. The van der Waals surface area contributed by atoms with E-state index < -0.39 is 6.10 Å². The summed E-state index contributed by atoms with van der Waals surface area (Å²) >= 11 is 0. The number of nitrogens with one attached hydrogen (secondary N) is 2. The molecule has 0 aromatic carbocycles. The van der Waals surface area contributed by atoms with Gasteiger partial charge in [0, 0.05) is 11.3 Å². The summed E-state index contributed by atoms with van der Waals surface area (Å²) in [6, 6.07) is 3.32. The van der Waals surface area contributed by atoms with Gasteiger partial charge in [-0.05, 0) is 38.0 Å². The van der Waals surface area contributed by atoms with Crippen LogP contribution in [0.1, 0.15) is 64.2 Å². The summed E-state index contributed by atoms with van der Waals surface area (Å²) < 4.78 is 5.10. The van der Waals surface area contributed by atoms with E-state index in [0.717, 1.165) is 12.0 Å². The normalized spacial score (nSPS) is 12.2. The zero-order valence-electron chi connectivity index (χ0n) is 13.6. The van der Waals surface area contributed by atoms with Gasteiger partial charge >= 0.3 is 0 Å². The van der Waals surface area contributed by atoms with Crippen LogP contribution in [0.3, 0.4) is 0 Å². The molecule has 0 fully saturated rings. The third-order valence-corrected chi connectivity index (χ3v) is 3.70. The maximum atomic E-state index is 12.4. The van der Waals surface area contributed by atoms with Gasteiger partial charge in [0.15, 0.2) is 5.78 Å². The van der Waals surface area contributed by atoms with Crippen molar-refractivity contribution in [2.24, 2.45) is 0 Å². The molecule has 0 spiro atoms. The molecule has 124 valence electrons. The smallest absolute Gasteiger partial charge is 0.268 e. The van der Waals surface area contributed by atoms with Crippen molar-refractivity contribution >= 4 is 11.7 Å². The number of carbonyl (C=O) groups is 2. The molecule has 2 aromatic heterocycles. The summed E-state index contributed by atoms with van der Waals surface area (Å²) in [4.78, 5) is 27.2. The van der Waals surface area contributed by atoms with Gasteiger partial charge in [0.25, 0.3) is 5.91 Å². The lowest BCUT2D eigenvalue weighted by atomic mass is 10.0. The Morgan fingerprint density at radius 1 is 1.43 bits per heavy atom. The predicted octanol–water partition coefficient (Wildman–Crippen LogP) is 2.53. The summed E-state index contributed by atoms with van der Waals surface area (Å²) in [6.45, 7) is 5.31. The van der Waals surface area contributed by atoms with Gasteiger partial charge in [0.05, 0.1) is 12.8 Å². The molecule has 23 heavy (non-hydrogen) atoms. The standard InChI is InChI=1S/C17H22N2O4/c1-4-6-12-15(11(3)20)10(2)19-16(12)17(22)18-9-13(21)14-7-5-8-23-14/h5,7-8,13,19,21H,4,6,9H2,1-3H3,(H,18,22). The first-order valence-corrected chi connectivity index (χ1v) is 7.67. The van der Waals surface area contributed by atoms with E-state index in [0.29, 0.717) is 29.1 Å². The van der Waals surface area contributed by atoms with Crippen LogP contribution >= 0.6 is 0 Å². The number of hydrogen-bond acceptors (Lipinski definition) is 4. The summed E-state index contributed by atoms with van der Waals surface area (Å²) in [5.41, 5.74) is 2.41. The Bertz CT molecular complexity index is 686. The van der Waals surface area contributed by atoms with Crippen LogP contribution in [0.2, 0.25) is 0 Å². The van der Waals surface area contributed by atoms with E-state index >= 15 is 0 Å². The van der Waals surface area contributed by atoms with E-state index in [-0.39, 0.29) is 18.2 Å². The summed E-state index contributed by atoms with van der Waals surface area (Å²) in [6.07, 6.45) is 2.02. The number of furan rings is 1. The molecule has 0 radical (unpaired) electrons. The molecule has 0 aliphatic rings. The van der Waals surface area contributed by atoms with Crippen molar-refractivity contribution < 1.29 is 19.1 Å². The third kappa shape index (κ3) is 3.71. The van der Waals surface area contributed by atoms with Crippen molar-refractivity contribution in [1.29, 1.82) is 0 Å². The molecule has 2 rings (SSSR count). The molecule has 6 heteroatoms. The highest BCUT2D eigenvalue weighted by molar-refractivity contribution is 6.02. The molecule has 0 aliphatic heterocycles. The SMILES string of the molecule is CCCc1c(C(=O)NCC(O)c2ccco2)[nH]c(C)c1C(C)=O. The van der Waals surface area contributed by atoms with Gasteiger partial charge in [-0.1, -0.05) is 13.3 Å². The van der Waals surface area contributed by atoms with Crippen molar-refractivity contribution in [2.45, 2.75) is 39.7 Å². The predicted molar refractivity (Wildman–Crippen MR) is 85.5 cm³/mol. The molecule has 1 atom stereocenters. The van der Waals surface area contributed by atoms with Crippen molar-refractivity contribution in [3.05, 3.63) is 46.7 Å². The molecule has 0 saturated heterocycles. The minimum Gasteiger partial charge on any atom is -0.467 e. The number of hydrogen-bond donors (Lipinski definition) is 3. The minimum atomic E-state index is -0.910. The Morgan fingerprint density at radius 2 is 2.17 bits per heavy atom. The number of aliphatic hydroxyl groups excluding tert-OH is 1. The topological polar surface area (TPSA) is 95.3 Å². The quantitative estimate of drug-likeness (QED) is 0.684. The van der Waals surface area contributed by atoms with Crippen molar-refractivity contribution in [3.63, 3.8) is 0 Å². The number of aliphatic hydroxyl groups is 1. The van der Waals surface area contributed by atoms with Gasteiger partial charge in [0.2, 0.25) is 0 Å². The van der Waals surface area contributed by atoms with Crippen LogP contribution in [-0.2, 0) is 6.42 Å². The number of aromatic amines is 1. The summed E-state index contributed by atoms with van der Waals surface area (Å²) in [7, 11) is 0. The molecular weight excluding hydrogens is 296 g/mol. The molecule has 0 aliphatic carbocycles. The van der Waals surface area contributed by atoms with Crippen LogP contribution in [0.4, 0.5) is 0 Å². The van der Waals surface area contributed by atoms with Crippen LogP contribution < -0.4 is 5.32 Å². The van der Waals surface area contributed by atoms with Crippen molar-refractivity contribution in [3.8, 4) is 0 Å². The second-order valence-electron chi connectivity index (χ2n) is 5.53. The van der Waals surface area contributed by atoms with Crippen molar-refractivity contribution in [1.82, 2.24) is 10.3 Å². The Morgan fingerprint density at radius 3 is 2.74 bits per heavy atom. The maximum absolute atomic E-state index is 12.4. The Balaban J connectivity index is 2.15. The highest BCUT2D eigenvalue weighted by Gasteiger charge is 2.22. The van der Waals surface area contributed by atoms with Crippen LogP contribution in [-0.4, -0.2) is 28.3 Å². The van der Waals surface area contributed by atoms with Crippen LogP contribution in [0.5, 0.6) is 0 Å². The number of aryl methyl sites for hydroxylation is 1. The van der Waals surface area contributed by atoms with Gasteiger partial charge in [-0.25, -0.2) is 0 Å². The van der Waals surface area contributed by atoms with Gasteiger partial charge in [-0.2, -0.15) is 0 Å². The summed E-state index contributed by atoms with van der Waals surface area (Å²) in [5, 5.41) is 12.6. The Labute approximate surface area is 134 Å². The Hall–Kier alpha value is -2.34. The van der Waals surface area contributed by atoms with Crippen LogP contribution in [0.15, 0.2) is 22.8 Å². The third-order valence-electron chi connectivity index (χ3n) is 3.70.